The Bertz CT molecular complexity index is 361. The summed E-state index contributed by atoms with van der Waals surface area (Å²) in [5.74, 6) is 1.52. The van der Waals surface area contributed by atoms with Crippen molar-refractivity contribution in [2.75, 3.05) is 31.2 Å². The first-order valence-electron chi connectivity index (χ1n) is 6.10. The summed E-state index contributed by atoms with van der Waals surface area (Å²) in [7, 11) is 0. The Labute approximate surface area is 107 Å². The highest BCUT2D eigenvalue weighted by Crippen LogP contribution is 2.22. The minimum absolute atomic E-state index is 0.502. The molecule has 1 aliphatic heterocycles. The zero-order valence-electron chi connectivity index (χ0n) is 10.1. The fraction of sp³-hybridized carbons (Fsp3) is 0.667. The van der Waals surface area contributed by atoms with Crippen molar-refractivity contribution in [2.45, 2.75) is 19.8 Å². The number of hydrogen-bond acceptors (Lipinski definition) is 4. The van der Waals surface area contributed by atoms with Gasteiger partial charge in [-0.15, -0.1) is 0 Å². The van der Waals surface area contributed by atoms with Crippen LogP contribution in [0.25, 0.3) is 0 Å². The van der Waals surface area contributed by atoms with Crippen molar-refractivity contribution in [3.8, 4) is 0 Å². The fourth-order valence-corrected chi connectivity index (χ4v) is 2.33. The molecule has 1 atom stereocenters. The van der Waals surface area contributed by atoms with Crippen molar-refractivity contribution in [1.82, 2.24) is 9.97 Å². The average Bonchev–Trinajstić information content (AvgIpc) is 2.37. The standard InChI is InChI=1S/C12H18ClN3O/c1-2-17-8-10-4-3-5-16(7-10)12-6-11(13)14-9-15-12/h6,9-10H,2-5,7-8H2,1H3. The molecule has 0 radical (unpaired) electrons. The molecule has 2 rings (SSSR count). The number of nitrogens with zero attached hydrogens (tertiary/aromatic N) is 3. The molecular weight excluding hydrogens is 238 g/mol. The fourth-order valence-electron chi connectivity index (χ4n) is 2.19. The summed E-state index contributed by atoms with van der Waals surface area (Å²) >= 11 is 5.88. The topological polar surface area (TPSA) is 38.2 Å². The second-order valence-electron chi connectivity index (χ2n) is 4.31. The lowest BCUT2D eigenvalue weighted by molar-refractivity contribution is 0.104. The van der Waals surface area contributed by atoms with Crippen LogP contribution in [0.3, 0.4) is 0 Å². The molecule has 0 spiro atoms. The lowest BCUT2D eigenvalue weighted by atomic mass is 9.99. The third-order valence-corrected chi connectivity index (χ3v) is 3.23. The van der Waals surface area contributed by atoms with Gasteiger partial charge in [0.15, 0.2) is 0 Å². The van der Waals surface area contributed by atoms with Crippen molar-refractivity contribution >= 4 is 17.4 Å². The molecule has 0 amide bonds. The van der Waals surface area contributed by atoms with Crippen LogP contribution in [0.5, 0.6) is 0 Å². The van der Waals surface area contributed by atoms with E-state index < -0.39 is 0 Å². The highest BCUT2D eigenvalue weighted by Gasteiger charge is 2.21. The predicted octanol–water partition coefficient (Wildman–Crippen LogP) is 2.38. The van der Waals surface area contributed by atoms with Crippen LogP contribution in [-0.4, -0.2) is 36.3 Å². The summed E-state index contributed by atoms with van der Waals surface area (Å²) in [6.45, 7) is 5.69. The molecule has 94 valence electrons. The molecule has 1 aliphatic rings. The van der Waals surface area contributed by atoms with Gasteiger partial charge in [0.2, 0.25) is 0 Å². The van der Waals surface area contributed by atoms with Crippen LogP contribution in [-0.2, 0) is 4.74 Å². The van der Waals surface area contributed by atoms with E-state index in [1.165, 1.54) is 19.2 Å². The highest BCUT2D eigenvalue weighted by atomic mass is 35.5. The minimum atomic E-state index is 0.502. The monoisotopic (exact) mass is 255 g/mol. The number of ether oxygens (including phenoxy) is 1. The molecule has 0 N–H and O–H groups in total. The van der Waals surface area contributed by atoms with Crippen molar-refractivity contribution in [3.05, 3.63) is 17.5 Å². The van der Waals surface area contributed by atoms with Gasteiger partial charge in [0.05, 0.1) is 6.61 Å². The molecule has 4 nitrogen and oxygen atoms in total. The molecule has 5 heteroatoms. The van der Waals surface area contributed by atoms with Crippen LogP contribution in [0.4, 0.5) is 5.82 Å². The quantitative estimate of drug-likeness (QED) is 0.775. The molecule has 1 aromatic rings. The Hall–Kier alpha value is -0.870. The van der Waals surface area contributed by atoms with E-state index in [-0.39, 0.29) is 0 Å². The zero-order chi connectivity index (χ0) is 12.1. The van der Waals surface area contributed by atoms with E-state index in [0.717, 1.165) is 32.1 Å². The van der Waals surface area contributed by atoms with Crippen LogP contribution in [0.2, 0.25) is 5.15 Å². The number of hydrogen-bond donors (Lipinski definition) is 0. The number of halogens is 1. The second-order valence-corrected chi connectivity index (χ2v) is 4.70. The first-order chi connectivity index (χ1) is 8.29. The van der Waals surface area contributed by atoms with Crippen LogP contribution < -0.4 is 4.90 Å². The Kier molecular flexibility index (Phi) is 4.57. The maximum atomic E-state index is 5.88. The molecule has 1 aromatic heterocycles. The molecule has 0 saturated carbocycles. The van der Waals surface area contributed by atoms with Gasteiger partial charge in [0.1, 0.15) is 17.3 Å². The first kappa shape index (κ1) is 12.6. The van der Waals surface area contributed by atoms with Gasteiger partial charge in [0.25, 0.3) is 0 Å². The van der Waals surface area contributed by atoms with E-state index in [2.05, 4.69) is 14.9 Å². The van der Waals surface area contributed by atoms with E-state index in [4.69, 9.17) is 16.3 Å². The summed E-state index contributed by atoms with van der Waals surface area (Å²) < 4.78 is 5.50. The number of aromatic nitrogens is 2. The minimum Gasteiger partial charge on any atom is -0.381 e. The van der Waals surface area contributed by atoms with Gasteiger partial charge in [0, 0.05) is 25.8 Å². The van der Waals surface area contributed by atoms with Gasteiger partial charge < -0.3 is 9.64 Å². The van der Waals surface area contributed by atoms with Crippen LogP contribution >= 0.6 is 11.6 Å². The van der Waals surface area contributed by atoms with Gasteiger partial charge >= 0.3 is 0 Å². The zero-order valence-corrected chi connectivity index (χ0v) is 10.9. The third-order valence-electron chi connectivity index (χ3n) is 3.02. The molecule has 1 saturated heterocycles. The molecule has 1 fully saturated rings. The Balaban J connectivity index is 1.97. The number of anilines is 1. The van der Waals surface area contributed by atoms with Crippen molar-refractivity contribution < 1.29 is 4.74 Å². The normalized spacial score (nSPS) is 20.6. The summed E-state index contributed by atoms with van der Waals surface area (Å²) in [4.78, 5) is 10.4. The van der Waals surface area contributed by atoms with Crippen LogP contribution in [0.1, 0.15) is 19.8 Å². The lowest BCUT2D eigenvalue weighted by Crippen LogP contribution is -2.37. The Morgan fingerprint density at radius 3 is 3.18 bits per heavy atom. The van der Waals surface area contributed by atoms with Gasteiger partial charge in [-0.25, -0.2) is 9.97 Å². The largest absolute Gasteiger partial charge is 0.381 e. The molecule has 1 unspecified atom stereocenters. The van der Waals surface area contributed by atoms with E-state index in [1.807, 2.05) is 13.0 Å². The Morgan fingerprint density at radius 1 is 1.53 bits per heavy atom. The Morgan fingerprint density at radius 2 is 2.41 bits per heavy atom. The number of piperidine rings is 1. The average molecular weight is 256 g/mol. The summed E-state index contributed by atoms with van der Waals surface area (Å²) in [6, 6.07) is 1.82. The maximum absolute atomic E-state index is 5.88. The van der Waals surface area contributed by atoms with Crippen LogP contribution in [0, 0.1) is 5.92 Å². The van der Waals surface area contributed by atoms with Gasteiger partial charge in [-0.2, -0.15) is 0 Å². The van der Waals surface area contributed by atoms with Gasteiger partial charge in [-0.1, -0.05) is 11.6 Å². The molecule has 2 heterocycles. The molecule has 17 heavy (non-hydrogen) atoms. The second kappa shape index (κ2) is 6.17. The number of rotatable bonds is 4. The van der Waals surface area contributed by atoms with E-state index in [1.54, 1.807) is 0 Å². The van der Waals surface area contributed by atoms with E-state index >= 15 is 0 Å². The summed E-state index contributed by atoms with van der Waals surface area (Å²) in [5, 5.41) is 0.502. The smallest absolute Gasteiger partial charge is 0.134 e. The van der Waals surface area contributed by atoms with Crippen molar-refractivity contribution in [2.24, 2.45) is 5.92 Å². The molecule has 0 aromatic carbocycles. The van der Waals surface area contributed by atoms with Crippen molar-refractivity contribution in [1.29, 1.82) is 0 Å². The third kappa shape index (κ3) is 3.54. The first-order valence-corrected chi connectivity index (χ1v) is 6.47. The SMILES string of the molecule is CCOCC1CCCN(c2cc(Cl)ncn2)C1. The van der Waals surface area contributed by atoms with Gasteiger partial charge in [-0.3, -0.25) is 0 Å². The lowest BCUT2D eigenvalue weighted by Gasteiger charge is -2.33. The van der Waals surface area contributed by atoms with Gasteiger partial charge in [-0.05, 0) is 25.7 Å². The molecule has 0 aliphatic carbocycles. The molecule has 0 bridgehead atoms. The highest BCUT2D eigenvalue weighted by molar-refractivity contribution is 6.29. The molecular formula is C12H18ClN3O. The van der Waals surface area contributed by atoms with E-state index in [9.17, 15) is 0 Å². The summed E-state index contributed by atoms with van der Waals surface area (Å²) in [5.41, 5.74) is 0. The predicted molar refractivity (Wildman–Crippen MR) is 68.5 cm³/mol. The van der Waals surface area contributed by atoms with Crippen LogP contribution in [0.15, 0.2) is 12.4 Å². The van der Waals surface area contributed by atoms with Crippen molar-refractivity contribution in [3.63, 3.8) is 0 Å². The maximum Gasteiger partial charge on any atom is 0.134 e. The van der Waals surface area contributed by atoms with E-state index in [0.29, 0.717) is 11.1 Å². The summed E-state index contributed by atoms with van der Waals surface area (Å²) in [6.07, 6.45) is 3.93.